The Hall–Kier alpha value is -3.84. The zero-order valence-electron chi connectivity index (χ0n) is 19.3. The van der Waals surface area contributed by atoms with E-state index in [9.17, 15) is 13.6 Å². The quantitative estimate of drug-likeness (QED) is 0.211. The van der Waals surface area contributed by atoms with Gasteiger partial charge in [0.25, 0.3) is 0 Å². The maximum Gasteiger partial charge on any atom is 0.335 e. The molecular weight excluding hydrogens is 482 g/mol. The van der Waals surface area contributed by atoms with Gasteiger partial charge in [-0.15, -0.1) is 0 Å². The third-order valence-electron chi connectivity index (χ3n) is 5.32. The van der Waals surface area contributed by atoms with Crippen molar-refractivity contribution in [2.75, 3.05) is 13.2 Å². The third-order valence-corrected chi connectivity index (χ3v) is 6.31. The minimum Gasteiger partial charge on any atom is -0.494 e. The summed E-state index contributed by atoms with van der Waals surface area (Å²) in [6.07, 6.45) is 1.62. The monoisotopic (exact) mass is 506 g/mol. The van der Waals surface area contributed by atoms with Crippen LogP contribution in [0.3, 0.4) is 0 Å². The topological polar surface area (TPSA) is 55.8 Å². The lowest BCUT2D eigenvalue weighted by Gasteiger charge is -2.10. The van der Waals surface area contributed by atoms with Crippen molar-refractivity contribution < 1.29 is 28.2 Å². The predicted octanol–water partition coefficient (Wildman–Crippen LogP) is 7.72. The zero-order chi connectivity index (χ0) is 25.3. The number of hydrogen-bond donors (Lipinski definition) is 1. The van der Waals surface area contributed by atoms with Crippen LogP contribution in [0.4, 0.5) is 8.78 Å². The van der Waals surface area contributed by atoms with Crippen molar-refractivity contribution >= 4 is 17.7 Å². The Kier molecular flexibility index (Phi) is 8.57. The number of carboxylic acids is 1. The second kappa shape index (κ2) is 12.2. The van der Waals surface area contributed by atoms with Crippen LogP contribution in [-0.4, -0.2) is 24.3 Å². The first-order valence-corrected chi connectivity index (χ1v) is 12.2. The summed E-state index contributed by atoms with van der Waals surface area (Å²) < 4.78 is 38.7. The summed E-state index contributed by atoms with van der Waals surface area (Å²) in [7, 11) is 0. The SMILES string of the molecule is O=C(O)c1ccc(Sc2cccc(OCCCCOc3ccc(-c4ccc(F)cc4F)cc3)c2)cc1. The Labute approximate surface area is 212 Å². The molecule has 0 unspecified atom stereocenters. The molecule has 4 rings (SSSR count). The highest BCUT2D eigenvalue weighted by molar-refractivity contribution is 7.99. The zero-order valence-corrected chi connectivity index (χ0v) is 20.1. The van der Waals surface area contributed by atoms with Gasteiger partial charge >= 0.3 is 5.97 Å². The lowest BCUT2D eigenvalue weighted by Crippen LogP contribution is -2.02. The maximum atomic E-state index is 13.9. The maximum absolute atomic E-state index is 13.9. The lowest BCUT2D eigenvalue weighted by atomic mass is 10.1. The summed E-state index contributed by atoms with van der Waals surface area (Å²) in [6.45, 7) is 1.07. The van der Waals surface area contributed by atoms with Gasteiger partial charge in [0.15, 0.2) is 0 Å². The third kappa shape index (κ3) is 7.09. The predicted molar refractivity (Wildman–Crippen MR) is 136 cm³/mol. The molecule has 0 fully saturated rings. The van der Waals surface area contributed by atoms with Crippen molar-refractivity contribution in [1.82, 2.24) is 0 Å². The molecule has 0 aliphatic carbocycles. The van der Waals surface area contributed by atoms with E-state index in [1.807, 2.05) is 24.3 Å². The summed E-state index contributed by atoms with van der Waals surface area (Å²) in [5, 5.41) is 9.01. The van der Waals surface area contributed by atoms with Gasteiger partial charge in [0.2, 0.25) is 0 Å². The van der Waals surface area contributed by atoms with E-state index in [1.54, 1.807) is 48.5 Å². The fraction of sp³-hybridized carbons (Fsp3) is 0.138. The number of hydrogen-bond acceptors (Lipinski definition) is 4. The molecule has 0 atom stereocenters. The molecule has 7 heteroatoms. The van der Waals surface area contributed by atoms with Crippen LogP contribution in [0.2, 0.25) is 0 Å². The molecule has 4 aromatic rings. The molecule has 0 spiro atoms. The normalized spacial score (nSPS) is 10.7. The first-order chi connectivity index (χ1) is 17.5. The largest absolute Gasteiger partial charge is 0.494 e. The number of ether oxygens (including phenoxy) is 2. The van der Waals surface area contributed by atoms with Crippen LogP contribution in [0.1, 0.15) is 23.2 Å². The van der Waals surface area contributed by atoms with Gasteiger partial charge in [-0.1, -0.05) is 30.0 Å². The average Bonchev–Trinajstić information content (AvgIpc) is 2.87. The van der Waals surface area contributed by atoms with Crippen molar-refractivity contribution in [3.63, 3.8) is 0 Å². The second-order valence-electron chi connectivity index (χ2n) is 7.96. The van der Waals surface area contributed by atoms with Crippen LogP contribution in [0.15, 0.2) is 101 Å². The van der Waals surface area contributed by atoms with Gasteiger partial charge in [-0.3, -0.25) is 0 Å². The fourth-order valence-electron chi connectivity index (χ4n) is 3.47. The first kappa shape index (κ1) is 25.3. The minimum absolute atomic E-state index is 0.262. The molecule has 36 heavy (non-hydrogen) atoms. The Bertz CT molecular complexity index is 1310. The number of unbranched alkanes of at least 4 members (excludes halogenated alkanes) is 1. The number of carboxylic acid groups (broad SMARTS) is 1. The molecule has 0 radical (unpaired) electrons. The Balaban J connectivity index is 1.18. The summed E-state index contributed by atoms with van der Waals surface area (Å²) >= 11 is 1.54. The molecule has 0 heterocycles. The van der Waals surface area contributed by atoms with Crippen molar-refractivity contribution in [3.8, 4) is 22.6 Å². The highest BCUT2D eigenvalue weighted by atomic mass is 32.2. The van der Waals surface area contributed by atoms with E-state index in [2.05, 4.69) is 0 Å². The van der Waals surface area contributed by atoms with Gasteiger partial charge in [0.1, 0.15) is 23.1 Å². The molecule has 4 nitrogen and oxygen atoms in total. The van der Waals surface area contributed by atoms with E-state index in [4.69, 9.17) is 14.6 Å². The molecule has 184 valence electrons. The van der Waals surface area contributed by atoms with E-state index in [0.717, 1.165) is 34.4 Å². The summed E-state index contributed by atoms with van der Waals surface area (Å²) in [5.41, 5.74) is 1.27. The molecule has 4 aromatic carbocycles. The molecule has 1 N–H and O–H groups in total. The molecule has 0 aliphatic rings. The van der Waals surface area contributed by atoms with Crippen LogP contribution in [0.5, 0.6) is 11.5 Å². The highest BCUT2D eigenvalue weighted by Crippen LogP contribution is 2.30. The Morgan fingerprint density at radius 2 is 1.44 bits per heavy atom. The van der Waals surface area contributed by atoms with Crippen molar-refractivity contribution in [3.05, 3.63) is 108 Å². The Morgan fingerprint density at radius 3 is 2.11 bits per heavy atom. The van der Waals surface area contributed by atoms with E-state index in [-0.39, 0.29) is 5.56 Å². The van der Waals surface area contributed by atoms with Gasteiger partial charge < -0.3 is 14.6 Å². The molecule has 0 aromatic heterocycles. The van der Waals surface area contributed by atoms with Crippen LogP contribution < -0.4 is 9.47 Å². The average molecular weight is 507 g/mol. The van der Waals surface area contributed by atoms with Crippen molar-refractivity contribution in [1.29, 1.82) is 0 Å². The molecule has 0 bridgehead atoms. The number of carbonyl (C=O) groups is 1. The van der Waals surface area contributed by atoms with Crippen LogP contribution in [-0.2, 0) is 0 Å². The van der Waals surface area contributed by atoms with Crippen LogP contribution in [0, 0.1) is 11.6 Å². The van der Waals surface area contributed by atoms with Gasteiger partial charge in [0.05, 0.1) is 18.8 Å². The van der Waals surface area contributed by atoms with Crippen molar-refractivity contribution in [2.45, 2.75) is 22.6 Å². The molecule has 0 saturated carbocycles. The lowest BCUT2D eigenvalue weighted by molar-refractivity contribution is 0.0697. The van der Waals surface area contributed by atoms with Gasteiger partial charge in [0, 0.05) is 21.4 Å². The standard InChI is InChI=1S/C29H24F2O4S/c30-22-10-15-27(28(31)18-22)20-6-11-23(12-7-20)34-16-1-2-17-35-24-4-3-5-26(19-24)36-25-13-8-21(9-14-25)29(32)33/h3-15,18-19H,1-2,16-17H2,(H,32,33). The smallest absolute Gasteiger partial charge is 0.335 e. The second-order valence-corrected chi connectivity index (χ2v) is 9.11. The fourth-order valence-corrected chi connectivity index (χ4v) is 4.33. The van der Waals surface area contributed by atoms with Gasteiger partial charge in [-0.25, -0.2) is 13.6 Å². The van der Waals surface area contributed by atoms with Crippen molar-refractivity contribution in [2.24, 2.45) is 0 Å². The van der Waals surface area contributed by atoms with E-state index >= 15 is 0 Å². The summed E-state index contributed by atoms with van der Waals surface area (Å²) in [6, 6.07) is 25.1. The van der Waals surface area contributed by atoms with E-state index < -0.39 is 17.6 Å². The van der Waals surface area contributed by atoms with E-state index in [1.165, 1.54) is 23.9 Å². The molecule has 0 aliphatic heterocycles. The summed E-state index contributed by atoms with van der Waals surface area (Å²) in [4.78, 5) is 12.9. The number of benzene rings is 4. The molecular formula is C29H24F2O4S. The van der Waals surface area contributed by atoms with Crippen LogP contribution >= 0.6 is 11.8 Å². The number of aromatic carboxylic acids is 1. The molecule has 0 amide bonds. The number of halogens is 2. The number of rotatable bonds is 11. The van der Waals surface area contributed by atoms with Crippen LogP contribution in [0.25, 0.3) is 11.1 Å². The van der Waals surface area contributed by atoms with E-state index in [0.29, 0.717) is 30.1 Å². The first-order valence-electron chi connectivity index (χ1n) is 11.4. The Morgan fingerprint density at radius 1 is 0.750 bits per heavy atom. The minimum atomic E-state index is -0.941. The summed E-state index contributed by atoms with van der Waals surface area (Å²) in [5.74, 6) is -0.683. The molecule has 0 saturated heterocycles. The van der Waals surface area contributed by atoms with Gasteiger partial charge in [-0.2, -0.15) is 0 Å². The van der Waals surface area contributed by atoms with Gasteiger partial charge in [-0.05, 0) is 85.1 Å². The highest BCUT2D eigenvalue weighted by Gasteiger charge is 2.07.